The van der Waals surface area contributed by atoms with Crippen LogP contribution in [0.15, 0.2) is 42.5 Å². The quantitative estimate of drug-likeness (QED) is 0.335. The molecule has 0 heterocycles. The fraction of sp³-hybridized carbons (Fsp3) is 0.231. The van der Waals surface area contributed by atoms with Crippen LogP contribution in [0.2, 0.25) is 0 Å². The predicted molar refractivity (Wildman–Crippen MR) is 68.4 cm³/mol. The average molecular weight is 337 g/mol. The molecule has 0 saturated carbocycles. The maximum Gasteiger partial charge on any atom is 0.432 e. The summed E-state index contributed by atoms with van der Waals surface area (Å²) in [5, 5.41) is 8.68. The molecular weight excluding hydrogens is 328 g/mol. The van der Waals surface area contributed by atoms with Gasteiger partial charge in [-0.3, -0.25) is 5.04 Å². The van der Waals surface area contributed by atoms with Gasteiger partial charge in [0.1, 0.15) is 12.0 Å². The van der Waals surface area contributed by atoms with E-state index in [2.05, 4.69) is 14.1 Å². The van der Waals surface area contributed by atoms with Crippen molar-refractivity contribution >= 4 is 22.8 Å². The highest BCUT2D eigenvalue weighted by atomic mass is 32.2. The molecule has 2 aromatic rings. The molecule has 0 saturated heterocycles. The smallest absolute Gasteiger partial charge is 0.432 e. The molecule has 0 radical (unpaired) electrons. The molecule has 9 heteroatoms. The van der Waals surface area contributed by atoms with Gasteiger partial charge in [0.2, 0.25) is 0 Å². The fourth-order valence-corrected chi connectivity index (χ4v) is 2.05. The van der Waals surface area contributed by atoms with E-state index in [1.165, 1.54) is 6.07 Å². The molecular formula is C13H9F4O4S-. The van der Waals surface area contributed by atoms with Gasteiger partial charge in [-0.1, -0.05) is 42.5 Å². The lowest BCUT2D eigenvalue weighted by atomic mass is 10.1. The number of fused-ring (bicyclic) bond motifs is 1. The molecule has 0 aliphatic carbocycles. The molecule has 2 aromatic carbocycles. The van der Waals surface area contributed by atoms with Crippen molar-refractivity contribution < 1.29 is 36.9 Å². The maximum atomic E-state index is 13.4. The summed E-state index contributed by atoms with van der Waals surface area (Å²) in [7, 11) is 0. The number of ether oxygens (including phenoxy) is 1. The van der Waals surface area contributed by atoms with E-state index in [9.17, 15) is 22.8 Å². The first kappa shape index (κ1) is 17.0. The SMILES string of the molecule is [O-]OOSC(F)(F)C(F)(F)OCc1cccc2ccccc12. The molecule has 0 spiro atoms. The molecule has 4 nitrogen and oxygen atoms in total. The van der Waals surface area contributed by atoms with Gasteiger partial charge < -0.3 is 9.99 Å². The molecule has 0 fully saturated rings. The zero-order valence-corrected chi connectivity index (χ0v) is 11.6. The van der Waals surface area contributed by atoms with Gasteiger partial charge in [0.05, 0.1) is 6.61 Å². The summed E-state index contributed by atoms with van der Waals surface area (Å²) in [6, 6.07) is 11.7. The van der Waals surface area contributed by atoms with Crippen LogP contribution in [0.5, 0.6) is 0 Å². The van der Waals surface area contributed by atoms with Gasteiger partial charge >= 0.3 is 11.4 Å². The number of hydrogen-bond acceptors (Lipinski definition) is 5. The molecule has 0 unspecified atom stereocenters. The number of rotatable bonds is 7. The first-order chi connectivity index (χ1) is 10.4. The summed E-state index contributed by atoms with van der Waals surface area (Å²) in [5.74, 6) is 0. The monoisotopic (exact) mass is 337 g/mol. The molecule has 0 amide bonds. The van der Waals surface area contributed by atoms with Gasteiger partial charge in [-0.15, -0.1) is 0 Å². The van der Waals surface area contributed by atoms with Gasteiger partial charge in [0.25, 0.3) is 0 Å². The molecule has 0 bridgehead atoms. The van der Waals surface area contributed by atoms with E-state index in [0.29, 0.717) is 10.9 Å². The normalized spacial score (nSPS) is 12.8. The van der Waals surface area contributed by atoms with Gasteiger partial charge in [-0.2, -0.15) is 21.9 Å². The number of hydrogen-bond donors (Lipinski definition) is 0. The van der Waals surface area contributed by atoms with E-state index in [0.717, 1.165) is 5.39 Å². The molecule has 0 aliphatic heterocycles. The van der Waals surface area contributed by atoms with Crippen LogP contribution in [-0.2, 0) is 20.7 Å². The topological polar surface area (TPSA) is 50.8 Å². The summed E-state index contributed by atoms with van der Waals surface area (Å²) < 4.78 is 60.4. The Balaban J connectivity index is 2.13. The zero-order valence-electron chi connectivity index (χ0n) is 10.8. The second-order valence-electron chi connectivity index (χ2n) is 4.18. The molecule has 22 heavy (non-hydrogen) atoms. The van der Waals surface area contributed by atoms with Crippen molar-refractivity contribution in [1.29, 1.82) is 0 Å². The Bertz CT molecular complexity index is 633. The van der Waals surface area contributed by atoms with E-state index in [1.54, 1.807) is 36.4 Å². The van der Waals surface area contributed by atoms with Gasteiger partial charge in [0.15, 0.2) is 0 Å². The third-order valence-corrected chi connectivity index (χ3v) is 3.36. The van der Waals surface area contributed by atoms with Crippen LogP contribution in [-0.4, -0.2) is 11.4 Å². The standard InChI is InChI=1S/C13H10F4O4S/c14-12(15,13(16,17)22-21-20-18)19-8-10-6-3-5-9-4-1-2-7-11(9)10/h1-7,18H,8H2/p-1. The van der Waals surface area contributed by atoms with Crippen LogP contribution in [0.3, 0.4) is 0 Å². The van der Waals surface area contributed by atoms with Crippen LogP contribution >= 0.6 is 12.0 Å². The maximum absolute atomic E-state index is 13.4. The van der Waals surface area contributed by atoms with Crippen molar-refractivity contribution in [1.82, 2.24) is 0 Å². The van der Waals surface area contributed by atoms with Crippen LogP contribution in [0, 0.1) is 0 Å². The highest BCUT2D eigenvalue weighted by Gasteiger charge is 2.60. The number of halogens is 4. The van der Waals surface area contributed by atoms with E-state index in [-0.39, 0.29) is 0 Å². The molecule has 0 aliphatic rings. The fourth-order valence-electron chi connectivity index (χ4n) is 1.78. The van der Waals surface area contributed by atoms with Gasteiger partial charge in [0, 0.05) is 0 Å². The molecule has 0 N–H and O–H groups in total. The van der Waals surface area contributed by atoms with Crippen molar-refractivity contribution in [2.75, 3.05) is 0 Å². The Hall–Kier alpha value is -1.39. The summed E-state index contributed by atoms with van der Waals surface area (Å²) in [6.07, 6.45) is -4.85. The molecule has 0 atom stereocenters. The van der Waals surface area contributed by atoms with Crippen LogP contribution in [0.4, 0.5) is 17.6 Å². The van der Waals surface area contributed by atoms with E-state index < -0.39 is 30.0 Å². The largest absolute Gasteiger partial charge is 0.691 e. The predicted octanol–water partition coefficient (Wildman–Crippen LogP) is 3.41. The summed E-state index contributed by atoms with van der Waals surface area (Å²) in [6.45, 7) is -0.747. The van der Waals surface area contributed by atoms with E-state index >= 15 is 0 Å². The highest BCUT2D eigenvalue weighted by molar-refractivity contribution is 7.95. The minimum atomic E-state index is -4.85. The van der Waals surface area contributed by atoms with E-state index in [4.69, 9.17) is 0 Å². The number of alkyl halides is 4. The third kappa shape index (κ3) is 3.68. The Morgan fingerprint density at radius 1 is 1.00 bits per heavy atom. The van der Waals surface area contributed by atoms with Gasteiger partial charge in [-0.05, 0) is 16.3 Å². The second kappa shape index (κ2) is 6.80. The third-order valence-electron chi connectivity index (χ3n) is 2.79. The first-order valence-electron chi connectivity index (χ1n) is 5.88. The van der Waals surface area contributed by atoms with Crippen molar-refractivity contribution in [3.8, 4) is 0 Å². The second-order valence-corrected chi connectivity index (χ2v) is 5.00. The Labute approximate surface area is 126 Å². The Morgan fingerprint density at radius 3 is 2.41 bits per heavy atom. The van der Waals surface area contributed by atoms with E-state index in [1.807, 2.05) is 0 Å². The summed E-state index contributed by atoms with van der Waals surface area (Å²) in [4.78, 5) is 0. The van der Waals surface area contributed by atoms with Crippen molar-refractivity contribution in [2.24, 2.45) is 0 Å². The molecule has 120 valence electrons. The lowest BCUT2D eigenvalue weighted by Crippen LogP contribution is -2.40. The van der Waals surface area contributed by atoms with Crippen LogP contribution in [0.1, 0.15) is 5.56 Å². The van der Waals surface area contributed by atoms with Crippen LogP contribution < -0.4 is 5.26 Å². The number of benzene rings is 2. The van der Waals surface area contributed by atoms with Crippen LogP contribution in [0.25, 0.3) is 10.8 Å². The summed E-state index contributed by atoms with van der Waals surface area (Å²) in [5.41, 5.74) is 0.319. The van der Waals surface area contributed by atoms with Crippen molar-refractivity contribution in [3.05, 3.63) is 48.0 Å². The first-order valence-corrected chi connectivity index (χ1v) is 6.62. The summed E-state index contributed by atoms with van der Waals surface area (Å²) >= 11 is -1.12. The highest BCUT2D eigenvalue weighted by Crippen LogP contribution is 2.44. The lowest BCUT2D eigenvalue weighted by Gasteiger charge is -2.24. The Morgan fingerprint density at radius 2 is 1.68 bits per heavy atom. The molecule has 0 aromatic heterocycles. The Kier molecular flexibility index (Phi) is 5.24. The average Bonchev–Trinajstić information content (AvgIpc) is 2.50. The zero-order chi connectivity index (χ0) is 16.2. The lowest BCUT2D eigenvalue weighted by molar-refractivity contribution is -0.777. The van der Waals surface area contributed by atoms with Crippen molar-refractivity contribution in [2.45, 2.75) is 18.0 Å². The molecule has 2 rings (SSSR count). The van der Waals surface area contributed by atoms with Crippen molar-refractivity contribution in [3.63, 3.8) is 0 Å². The minimum absolute atomic E-state index is 0.319. The minimum Gasteiger partial charge on any atom is -0.691 e. The van der Waals surface area contributed by atoms with Gasteiger partial charge in [-0.25, -0.2) is 0 Å².